The molecule has 44 valence electrons. The van der Waals surface area contributed by atoms with Crippen molar-refractivity contribution in [3.8, 4) is 0 Å². The molecule has 0 aromatic heterocycles. The zero-order valence-electron chi connectivity index (χ0n) is 3.88. The second-order valence-corrected chi connectivity index (χ2v) is 2.77. The van der Waals surface area contributed by atoms with Crippen LogP contribution in [0.4, 0.5) is 0 Å². The van der Waals surface area contributed by atoms with E-state index >= 15 is 0 Å². The van der Waals surface area contributed by atoms with Crippen LogP contribution in [0.25, 0.3) is 0 Å². The molecular weight excluding hydrogens is 135 g/mol. The summed E-state index contributed by atoms with van der Waals surface area (Å²) in [7, 11) is -2.68. The highest BCUT2D eigenvalue weighted by Gasteiger charge is 1.86. The van der Waals surface area contributed by atoms with Crippen molar-refractivity contribution >= 4 is 20.3 Å². The summed E-state index contributed by atoms with van der Waals surface area (Å²) < 4.78 is 13.9. The average Bonchev–Trinajstić information content (AvgIpc) is 1.61. The largest absolute Gasteiger partial charge is 0.327 e. The van der Waals surface area contributed by atoms with E-state index < -0.39 is 8.25 Å². The Morgan fingerprint density at radius 2 is 2.57 bits per heavy atom. The third-order valence-corrected chi connectivity index (χ3v) is 1.53. The smallest absolute Gasteiger partial charge is 0.326 e. The summed E-state index contributed by atoms with van der Waals surface area (Å²) in [6, 6.07) is 0. The monoisotopic (exact) mass is 142 g/mol. The minimum atomic E-state index is -2.68. The van der Waals surface area contributed by atoms with Gasteiger partial charge in [0.2, 0.25) is 0 Å². The maximum Gasteiger partial charge on any atom is 0.327 e. The Hall–Kier alpha value is 0.500. The highest BCUT2D eigenvalue weighted by molar-refractivity contribution is 7.97. The highest BCUT2D eigenvalue weighted by Crippen LogP contribution is 2.22. The van der Waals surface area contributed by atoms with Crippen molar-refractivity contribution in [1.82, 2.24) is 0 Å². The standard InChI is InChI=1S/C2H7O3PS/c1-2-7-5-6(3)4/h6H,2H2,1H3,(H,3,4). The molecule has 0 radical (unpaired) electrons. The van der Waals surface area contributed by atoms with Crippen LogP contribution in [0.1, 0.15) is 6.92 Å². The molecule has 0 amide bonds. The zero-order valence-corrected chi connectivity index (χ0v) is 5.70. The third-order valence-electron chi connectivity index (χ3n) is 0.248. The van der Waals surface area contributed by atoms with Crippen LogP contribution >= 0.6 is 20.3 Å². The Morgan fingerprint density at radius 3 is 2.71 bits per heavy atom. The zero-order chi connectivity index (χ0) is 5.70. The van der Waals surface area contributed by atoms with Crippen LogP contribution < -0.4 is 0 Å². The van der Waals surface area contributed by atoms with Gasteiger partial charge in [-0.3, -0.25) is 4.57 Å². The first kappa shape index (κ1) is 7.50. The van der Waals surface area contributed by atoms with Crippen LogP contribution in [0.2, 0.25) is 0 Å². The first-order valence-electron chi connectivity index (χ1n) is 1.79. The van der Waals surface area contributed by atoms with Crippen molar-refractivity contribution in [3.05, 3.63) is 0 Å². The molecule has 0 heterocycles. The summed E-state index contributed by atoms with van der Waals surface area (Å²) in [6.07, 6.45) is 0. The van der Waals surface area contributed by atoms with Gasteiger partial charge in [0.1, 0.15) is 0 Å². The molecule has 5 heteroatoms. The topological polar surface area (TPSA) is 46.5 Å². The second kappa shape index (κ2) is 4.65. The number of hydrogen-bond donors (Lipinski definition) is 1. The lowest BCUT2D eigenvalue weighted by Crippen LogP contribution is -1.64. The molecule has 1 unspecified atom stereocenters. The predicted molar refractivity (Wildman–Crippen MR) is 30.4 cm³/mol. The fourth-order valence-corrected chi connectivity index (χ4v) is 0.984. The lowest BCUT2D eigenvalue weighted by molar-refractivity contribution is 0.433. The van der Waals surface area contributed by atoms with E-state index in [-0.39, 0.29) is 0 Å². The van der Waals surface area contributed by atoms with Crippen LogP contribution in [-0.2, 0) is 8.54 Å². The minimum absolute atomic E-state index is 0.705. The van der Waals surface area contributed by atoms with Crippen LogP contribution in [0.15, 0.2) is 0 Å². The second-order valence-electron chi connectivity index (χ2n) is 0.756. The van der Waals surface area contributed by atoms with Crippen molar-refractivity contribution in [2.24, 2.45) is 0 Å². The molecule has 0 aliphatic carbocycles. The van der Waals surface area contributed by atoms with Gasteiger partial charge in [0.25, 0.3) is 0 Å². The molecule has 1 atom stereocenters. The van der Waals surface area contributed by atoms with E-state index in [1.54, 1.807) is 0 Å². The molecule has 3 nitrogen and oxygen atoms in total. The Bertz CT molecular complexity index is 66.0. The molecular formula is C2H7O3PS. The van der Waals surface area contributed by atoms with Gasteiger partial charge in [-0.15, -0.1) is 0 Å². The fourth-order valence-electron chi connectivity index (χ4n) is 0.109. The van der Waals surface area contributed by atoms with Crippen LogP contribution in [0.5, 0.6) is 0 Å². The normalized spacial score (nSPS) is 14.0. The Labute approximate surface area is 47.2 Å². The molecule has 7 heavy (non-hydrogen) atoms. The van der Waals surface area contributed by atoms with Crippen molar-refractivity contribution in [2.75, 3.05) is 5.75 Å². The summed E-state index contributed by atoms with van der Waals surface area (Å²) in [5.74, 6) is 0.705. The van der Waals surface area contributed by atoms with Crippen molar-refractivity contribution in [1.29, 1.82) is 0 Å². The van der Waals surface area contributed by atoms with Gasteiger partial charge in [0.05, 0.1) is 0 Å². The SMILES string of the molecule is CCSO[PH](=O)O. The van der Waals surface area contributed by atoms with E-state index in [4.69, 9.17) is 4.89 Å². The van der Waals surface area contributed by atoms with Crippen LogP contribution in [0, 0.1) is 0 Å². The molecule has 0 fully saturated rings. The Kier molecular flexibility index (Phi) is 4.99. The maximum atomic E-state index is 9.70. The van der Waals surface area contributed by atoms with Gasteiger partial charge in [-0.2, -0.15) is 0 Å². The highest BCUT2D eigenvalue weighted by atomic mass is 32.2. The Morgan fingerprint density at radius 1 is 2.00 bits per heavy atom. The van der Waals surface area contributed by atoms with Gasteiger partial charge in [0.15, 0.2) is 0 Å². The van der Waals surface area contributed by atoms with Crippen LogP contribution in [0.3, 0.4) is 0 Å². The molecule has 1 N–H and O–H groups in total. The lowest BCUT2D eigenvalue weighted by Gasteiger charge is -1.89. The van der Waals surface area contributed by atoms with Gasteiger partial charge in [-0.25, -0.2) is 3.97 Å². The van der Waals surface area contributed by atoms with Crippen LogP contribution in [-0.4, -0.2) is 10.6 Å². The van der Waals surface area contributed by atoms with E-state index in [9.17, 15) is 4.57 Å². The van der Waals surface area contributed by atoms with Gasteiger partial charge in [-0.05, 0) is 0 Å². The molecule has 0 rings (SSSR count). The molecule has 0 bridgehead atoms. The summed E-state index contributed by atoms with van der Waals surface area (Å²) >= 11 is 0.999. The molecule has 0 saturated heterocycles. The van der Waals surface area contributed by atoms with E-state index in [2.05, 4.69) is 3.97 Å². The summed E-state index contributed by atoms with van der Waals surface area (Å²) in [5.41, 5.74) is 0. The number of hydrogen-bond acceptors (Lipinski definition) is 3. The predicted octanol–water partition coefficient (Wildman–Crippen LogP) is 1.05. The minimum Gasteiger partial charge on any atom is -0.326 e. The summed E-state index contributed by atoms with van der Waals surface area (Å²) in [6.45, 7) is 1.84. The van der Waals surface area contributed by atoms with Gasteiger partial charge in [-0.1, -0.05) is 6.92 Å². The van der Waals surface area contributed by atoms with Gasteiger partial charge in [0, 0.05) is 17.8 Å². The molecule has 0 spiro atoms. The van der Waals surface area contributed by atoms with Crippen molar-refractivity contribution < 1.29 is 13.4 Å². The Balaban J connectivity index is 2.82. The van der Waals surface area contributed by atoms with E-state index in [1.807, 2.05) is 6.92 Å². The third kappa shape index (κ3) is 6.50. The van der Waals surface area contributed by atoms with E-state index in [1.165, 1.54) is 0 Å². The quantitative estimate of drug-likeness (QED) is 0.472. The summed E-state index contributed by atoms with van der Waals surface area (Å²) in [4.78, 5) is 7.99. The molecule has 0 saturated carbocycles. The average molecular weight is 142 g/mol. The van der Waals surface area contributed by atoms with E-state index in [0.29, 0.717) is 5.75 Å². The van der Waals surface area contributed by atoms with E-state index in [0.717, 1.165) is 12.0 Å². The lowest BCUT2D eigenvalue weighted by atomic mass is 11.0. The fraction of sp³-hybridized carbons (Fsp3) is 1.00. The molecule has 0 aromatic rings. The maximum absolute atomic E-state index is 9.70. The molecule has 0 aromatic carbocycles. The number of rotatable bonds is 3. The van der Waals surface area contributed by atoms with Crippen molar-refractivity contribution in [2.45, 2.75) is 6.92 Å². The van der Waals surface area contributed by atoms with Gasteiger partial charge >= 0.3 is 8.25 Å². The first-order chi connectivity index (χ1) is 3.27. The summed E-state index contributed by atoms with van der Waals surface area (Å²) in [5, 5.41) is 0. The van der Waals surface area contributed by atoms with Gasteiger partial charge < -0.3 is 4.89 Å². The first-order valence-corrected chi connectivity index (χ1v) is 3.97. The van der Waals surface area contributed by atoms with Crippen molar-refractivity contribution in [3.63, 3.8) is 0 Å². The molecule has 0 aliphatic heterocycles. The molecule has 0 aliphatic rings.